The Bertz CT molecular complexity index is 544. The van der Waals surface area contributed by atoms with E-state index in [1.807, 2.05) is 0 Å². The van der Waals surface area contributed by atoms with E-state index in [-0.39, 0.29) is 16.0 Å². The number of carbonyl (C=O) groups excluding carboxylic acids is 1. The second-order valence-corrected chi connectivity index (χ2v) is 5.52. The summed E-state index contributed by atoms with van der Waals surface area (Å²) in [6.45, 7) is -0.139. The van der Waals surface area contributed by atoms with Gasteiger partial charge < -0.3 is 5.32 Å². The number of hydrogen-bond donors (Lipinski definition) is 3. The summed E-state index contributed by atoms with van der Waals surface area (Å²) in [5.41, 5.74) is 0. The predicted molar refractivity (Wildman–Crippen MR) is 62.0 cm³/mol. The monoisotopic (exact) mass is 275 g/mol. The summed E-state index contributed by atoms with van der Waals surface area (Å²) in [7, 11) is -2.34. The van der Waals surface area contributed by atoms with Crippen LogP contribution in [0.3, 0.4) is 0 Å². The molecule has 8 nitrogen and oxygen atoms in total. The largest absolute Gasteiger partial charge is 0.341 e. The molecule has 1 aromatic rings. The van der Waals surface area contributed by atoms with Gasteiger partial charge in [-0.25, -0.2) is 13.2 Å². The van der Waals surface area contributed by atoms with Gasteiger partial charge in [-0.3, -0.25) is 5.32 Å². The number of anilines is 1. The third-order valence-electron chi connectivity index (χ3n) is 1.45. The number of rotatable bonds is 4. The molecular formula is C7H9N5O3S2. The molecule has 1 heterocycles. The van der Waals surface area contributed by atoms with Crippen molar-refractivity contribution in [2.75, 3.05) is 18.9 Å². The number of sulfonamides is 1. The van der Waals surface area contributed by atoms with Crippen molar-refractivity contribution in [3.8, 4) is 12.3 Å². The fourth-order valence-corrected chi connectivity index (χ4v) is 2.60. The first-order valence-electron chi connectivity index (χ1n) is 4.25. The van der Waals surface area contributed by atoms with Gasteiger partial charge in [-0.15, -0.1) is 16.6 Å². The highest BCUT2D eigenvalue weighted by atomic mass is 32.2. The molecule has 2 amide bonds. The Labute approximate surface area is 102 Å². The first kappa shape index (κ1) is 13.4. The summed E-state index contributed by atoms with van der Waals surface area (Å²) < 4.78 is 24.9. The van der Waals surface area contributed by atoms with Crippen LogP contribution in [-0.4, -0.2) is 38.2 Å². The zero-order valence-electron chi connectivity index (χ0n) is 8.72. The standard InChI is InChI=1S/C7H9N5O3S2/c1-3-4-9-17(14,15)7-12-11-6(16-7)10-5(13)8-2/h1,9H,4H2,2H3,(H2,8,10,11,13). The molecule has 1 aromatic heterocycles. The fourth-order valence-electron chi connectivity index (χ4n) is 0.727. The lowest BCUT2D eigenvalue weighted by atomic mass is 10.7. The van der Waals surface area contributed by atoms with E-state index in [1.165, 1.54) is 7.05 Å². The van der Waals surface area contributed by atoms with Crippen LogP contribution in [0.1, 0.15) is 0 Å². The van der Waals surface area contributed by atoms with Crippen LogP contribution in [0.5, 0.6) is 0 Å². The number of aromatic nitrogens is 2. The number of nitrogens with one attached hydrogen (secondary N) is 3. The van der Waals surface area contributed by atoms with Crippen molar-refractivity contribution in [1.29, 1.82) is 0 Å². The molecule has 0 aliphatic rings. The Balaban J connectivity index is 2.81. The second kappa shape index (κ2) is 5.58. The minimum atomic E-state index is -3.76. The van der Waals surface area contributed by atoms with Gasteiger partial charge in [0.05, 0.1) is 6.54 Å². The van der Waals surface area contributed by atoms with Crippen LogP contribution in [-0.2, 0) is 10.0 Å². The average molecular weight is 275 g/mol. The van der Waals surface area contributed by atoms with Crippen LogP contribution in [0, 0.1) is 12.3 Å². The van der Waals surface area contributed by atoms with Crippen molar-refractivity contribution < 1.29 is 13.2 Å². The van der Waals surface area contributed by atoms with Crippen LogP contribution >= 0.6 is 11.3 Å². The lowest BCUT2D eigenvalue weighted by Crippen LogP contribution is -2.24. The first-order valence-corrected chi connectivity index (χ1v) is 6.55. The van der Waals surface area contributed by atoms with Crippen LogP contribution in [0.4, 0.5) is 9.93 Å². The van der Waals surface area contributed by atoms with Gasteiger partial charge in [-0.2, -0.15) is 4.72 Å². The maximum atomic E-state index is 11.5. The van der Waals surface area contributed by atoms with Crippen LogP contribution in [0.15, 0.2) is 4.34 Å². The van der Waals surface area contributed by atoms with Crippen molar-refractivity contribution in [2.45, 2.75) is 4.34 Å². The summed E-state index contributed by atoms with van der Waals surface area (Å²) in [4.78, 5) is 10.9. The van der Waals surface area contributed by atoms with Gasteiger partial charge in [0, 0.05) is 7.05 Å². The molecule has 0 unspecified atom stereocenters. The Kier molecular flexibility index (Phi) is 4.38. The minimum Gasteiger partial charge on any atom is -0.341 e. The average Bonchev–Trinajstić information content (AvgIpc) is 2.75. The van der Waals surface area contributed by atoms with E-state index in [0.717, 1.165) is 11.3 Å². The maximum Gasteiger partial charge on any atom is 0.320 e. The van der Waals surface area contributed by atoms with Gasteiger partial charge in [-0.05, 0) is 0 Å². The normalized spacial score (nSPS) is 10.6. The number of nitrogens with zero attached hydrogens (tertiary/aromatic N) is 2. The Morgan fingerprint density at radius 2 is 2.24 bits per heavy atom. The van der Waals surface area contributed by atoms with Crippen molar-refractivity contribution >= 4 is 32.5 Å². The summed E-state index contributed by atoms with van der Waals surface area (Å²) in [6.07, 6.45) is 4.93. The molecule has 0 bridgehead atoms. The lowest BCUT2D eigenvalue weighted by Gasteiger charge is -1.98. The summed E-state index contributed by atoms with van der Waals surface area (Å²) in [5.74, 6) is 2.13. The molecule has 1 rings (SSSR count). The predicted octanol–water partition coefficient (Wildman–Crippen LogP) is -0.799. The van der Waals surface area contributed by atoms with E-state index in [9.17, 15) is 13.2 Å². The third kappa shape index (κ3) is 3.66. The highest BCUT2D eigenvalue weighted by Gasteiger charge is 2.19. The van der Waals surface area contributed by atoms with Gasteiger partial charge in [0.1, 0.15) is 0 Å². The molecule has 0 fully saturated rings. The number of terminal acetylenes is 1. The summed E-state index contributed by atoms with van der Waals surface area (Å²) in [5, 5.41) is 11.6. The third-order valence-corrected chi connectivity index (χ3v) is 4.06. The second-order valence-electron chi connectivity index (χ2n) is 2.61. The van der Waals surface area contributed by atoms with Gasteiger partial charge in [0.2, 0.25) is 9.47 Å². The molecule has 0 aliphatic heterocycles. The van der Waals surface area contributed by atoms with Crippen molar-refractivity contribution in [3.05, 3.63) is 0 Å². The summed E-state index contributed by atoms with van der Waals surface area (Å²) in [6, 6.07) is -0.512. The first-order chi connectivity index (χ1) is 7.99. The molecule has 17 heavy (non-hydrogen) atoms. The van der Waals surface area contributed by atoms with Gasteiger partial charge in [0.15, 0.2) is 0 Å². The quantitative estimate of drug-likeness (QED) is 0.492. The van der Waals surface area contributed by atoms with E-state index in [4.69, 9.17) is 6.42 Å². The maximum absolute atomic E-state index is 11.5. The van der Waals surface area contributed by atoms with E-state index < -0.39 is 16.1 Å². The summed E-state index contributed by atoms with van der Waals surface area (Å²) >= 11 is 0.721. The Morgan fingerprint density at radius 3 is 2.82 bits per heavy atom. The molecule has 92 valence electrons. The molecule has 3 N–H and O–H groups in total. The fraction of sp³-hybridized carbons (Fsp3) is 0.286. The Morgan fingerprint density at radius 1 is 1.53 bits per heavy atom. The zero-order chi connectivity index (χ0) is 12.9. The number of amides is 2. The van der Waals surface area contributed by atoms with Crippen LogP contribution in [0.2, 0.25) is 0 Å². The number of carbonyl (C=O) groups is 1. The Hall–Kier alpha value is -1.70. The van der Waals surface area contributed by atoms with Crippen LogP contribution in [0.25, 0.3) is 0 Å². The molecule has 0 spiro atoms. The van der Waals surface area contributed by atoms with Crippen LogP contribution < -0.4 is 15.4 Å². The molecule has 0 atom stereocenters. The van der Waals surface area contributed by atoms with E-state index in [1.54, 1.807) is 0 Å². The van der Waals surface area contributed by atoms with Gasteiger partial charge in [0.25, 0.3) is 10.0 Å². The van der Waals surface area contributed by atoms with E-state index in [0.29, 0.717) is 0 Å². The number of hydrogen-bond acceptors (Lipinski definition) is 6. The molecule has 0 saturated carbocycles. The van der Waals surface area contributed by atoms with E-state index in [2.05, 4.69) is 31.5 Å². The highest BCUT2D eigenvalue weighted by Crippen LogP contribution is 2.19. The highest BCUT2D eigenvalue weighted by molar-refractivity contribution is 7.91. The number of urea groups is 1. The van der Waals surface area contributed by atoms with Gasteiger partial charge in [-0.1, -0.05) is 17.3 Å². The smallest absolute Gasteiger partial charge is 0.320 e. The molecule has 0 aliphatic carbocycles. The lowest BCUT2D eigenvalue weighted by molar-refractivity contribution is 0.254. The zero-order valence-corrected chi connectivity index (χ0v) is 10.4. The topological polar surface area (TPSA) is 113 Å². The minimum absolute atomic E-state index is 0.0745. The molecule has 0 aromatic carbocycles. The van der Waals surface area contributed by atoms with Crippen molar-refractivity contribution in [1.82, 2.24) is 20.2 Å². The molecule has 10 heteroatoms. The molecule has 0 radical (unpaired) electrons. The van der Waals surface area contributed by atoms with E-state index >= 15 is 0 Å². The van der Waals surface area contributed by atoms with Crippen molar-refractivity contribution in [3.63, 3.8) is 0 Å². The molecular weight excluding hydrogens is 266 g/mol. The van der Waals surface area contributed by atoms with Crippen molar-refractivity contribution in [2.24, 2.45) is 0 Å². The SMILES string of the molecule is C#CCNS(=O)(=O)c1nnc(NC(=O)NC)s1. The van der Waals surface area contributed by atoms with Gasteiger partial charge >= 0.3 is 6.03 Å². The molecule has 0 saturated heterocycles.